The van der Waals surface area contributed by atoms with Crippen LogP contribution in [0.15, 0.2) is 42.0 Å². The Morgan fingerprint density at radius 3 is 2.47 bits per heavy atom. The maximum Gasteiger partial charge on any atom is 0.155 e. The summed E-state index contributed by atoms with van der Waals surface area (Å²) >= 11 is 0. The third-order valence-corrected chi connectivity index (χ3v) is 3.36. The van der Waals surface area contributed by atoms with Crippen LogP contribution in [-0.4, -0.2) is 5.78 Å². The Hall–Kier alpha value is -1.37. The van der Waals surface area contributed by atoms with Gasteiger partial charge in [0.1, 0.15) is 0 Å². The summed E-state index contributed by atoms with van der Waals surface area (Å²) in [6, 6.07) is 10.2. The summed E-state index contributed by atoms with van der Waals surface area (Å²) in [7, 11) is 0. The highest BCUT2D eigenvalue weighted by Gasteiger charge is 2.07. The minimum absolute atomic E-state index is 0.297. The molecule has 0 saturated heterocycles. The number of hydrogen-bond donors (Lipinski definition) is 0. The van der Waals surface area contributed by atoms with Crippen LogP contribution in [0, 0.1) is 0 Å². The predicted octanol–water partition coefficient (Wildman–Crippen LogP) is 4.08. The maximum absolute atomic E-state index is 11.8. The molecule has 0 unspecified atom stereocenters. The van der Waals surface area contributed by atoms with Crippen molar-refractivity contribution in [3.05, 3.63) is 47.5 Å². The fraction of sp³-hybridized carbons (Fsp3) is 0.438. The van der Waals surface area contributed by atoms with Crippen LogP contribution >= 0.6 is 0 Å². The molecule has 1 saturated carbocycles. The van der Waals surface area contributed by atoms with Crippen LogP contribution in [0.25, 0.3) is 0 Å². The van der Waals surface area contributed by atoms with Crippen LogP contribution in [0.5, 0.6) is 0 Å². The van der Waals surface area contributed by atoms with Crippen molar-refractivity contribution < 1.29 is 4.79 Å². The quantitative estimate of drug-likeness (QED) is 0.710. The number of carbonyl (C=O) groups is 1. The van der Waals surface area contributed by atoms with Crippen molar-refractivity contribution in [1.29, 1.82) is 0 Å². The number of hydrogen-bond acceptors (Lipinski definition) is 1. The summed E-state index contributed by atoms with van der Waals surface area (Å²) in [5, 5.41) is 0. The molecule has 1 heteroatoms. The summed E-state index contributed by atoms with van der Waals surface area (Å²) in [5.74, 6) is 0.297. The van der Waals surface area contributed by atoms with Crippen LogP contribution in [0.4, 0.5) is 0 Å². The van der Waals surface area contributed by atoms with Gasteiger partial charge in [-0.15, -0.1) is 0 Å². The van der Waals surface area contributed by atoms with Gasteiger partial charge in [0.25, 0.3) is 0 Å². The Morgan fingerprint density at radius 1 is 1.06 bits per heavy atom. The SMILES string of the molecule is O=C(C=C1CCCCC1)CCc1ccccc1. The molecule has 0 radical (unpaired) electrons. The van der Waals surface area contributed by atoms with Crippen molar-refractivity contribution in [2.45, 2.75) is 44.9 Å². The molecular formula is C16H20O. The molecule has 0 N–H and O–H groups in total. The molecule has 17 heavy (non-hydrogen) atoms. The monoisotopic (exact) mass is 228 g/mol. The lowest BCUT2D eigenvalue weighted by atomic mass is 9.93. The van der Waals surface area contributed by atoms with Gasteiger partial charge in [-0.05, 0) is 43.7 Å². The highest BCUT2D eigenvalue weighted by Crippen LogP contribution is 2.22. The van der Waals surface area contributed by atoms with Crippen molar-refractivity contribution in [3.8, 4) is 0 Å². The molecule has 1 aliphatic carbocycles. The maximum atomic E-state index is 11.8. The van der Waals surface area contributed by atoms with Crippen LogP contribution in [-0.2, 0) is 11.2 Å². The van der Waals surface area contributed by atoms with E-state index in [-0.39, 0.29) is 0 Å². The van der Waals surface area contributed by atoms with Gasteiger partial charge < -0.3 is 0 Å². The van der Waals surface area contributed by atoms with E-state index < -0.39 is 0 Å². The van der Waals surface area contributed by atoms with Gasteiger partial charge in [-0.2, -0.15) is 0 Å². The Kier molecular flexibility index (Phi) is 4.54. The Bertz CT molecular complexity index is 381. The number of allylic oxidation sites excluding steroid dienone is 2. The minimum atomic E-state index is 0.297. The number of carbonyl (C=O) groups excluding carboxylic acids is 1. The molecule has 0 heterocycles. The fourth-order valence-corrected chi connectivity index (χ4v) is 2.36. The molecule has 0 aromatic heterocycles. The molecule has 1 fully saturated rings. The average molecular weight is 228 g/mol. The van der Waals surface area contributed by atoms with Crippen LogP contribution in [0.2, 0.25) is 0 Å². The second-order valence-corrected chi connectivity index (χ2v) is 4.82. The normalized spacial score (nSPS) is 15.6. The van der Waals surface area contributed by atoms with Crippen LogP contribution in [0.1, 0.15) is 44.1 Å². The van der Waals surface area contributed by atoms with E-state index in [2.05, 4.69) is 12.1 Å². The third-order valence-electron chi connectivity index (χ3n) is 3.36. The Balaban J connectivity index is 1.81. The molecule has 0 aliphatic heterocycles. The zero-order valence-electron chi connectivity index (χ0n) is 10.3. The zero-order valence-corrected chi connectivity index (χ0v) is 10.3. The van der Waals surface area contributed by atoms with Crippen LogP contribution in [0.3, 0.4) is 0 Å². The summed E-state index contributed by atoms with van der Waals surface area (Å²) in [6.45, 7) is 0. The number of ketones is 1. The third kappa shape index (κ3) is 4.18. The lowest BCUT2D eigenvalue weighted by Gasteiger charge is -2.12. The summed E-state index contributed by atoms with van der Waals surface area (Å²) in [5.41, 5.74) is 2.62. The van der Waals surface area contributed by atoms with E-state index >= 15 is 0 Å². The molecular weight excluding hydrogens is 208 g/mol. The van der Waals surface area contributed by atoms with Gasteiger partial charge in [0.15, 0.2) is 5.78 Å². The first-order valence-electron chi connectivity index (χ1n) is 6.61. The van der Waals surface area contributed by atoms with E-state index in [0.29, 0.717) is 12.2 Å². The lowest BCUT2D eigenvalue weighted by molar-refractivity contribution is -0.114. The van der Waals surface area contributed by atoms with Gasteiger partial charge in [-0.1, -0.05) is 42.3 Å². The zero-order chi connectivity index (χ0) is 11.9. The second-order valence-electron chi connectivity index (χ2n) is 4.82. The van der Waals surface area contributed by atoms with E-state index in [9.17, 15) is 4.79 Å². The fourth-order valence-electron chi connectivity index (χ4n) is 2.36. The molecule has 0 spiro atoms. The molecule has 0 amide bonds. The topological polar surface area (TPSA) is 17.1 Å². The summed E-state index contributed by atoms with van der Waals surface area (Å²) < 4.78 is 0. The largest absolute Gasteiger partial charge is 0.295 e. The van der Waals surface area contributed by atoms with Crippen LogP contribution < -0.4 is 0 Å². The predicted molar refractivity (Wildman–Crippen MR) is 70.9 cm³/mol. The number of rotatable bonds is 4. The average Bonchev–Trinajstić information content (AvgIpc) is 2.39. The standard InChI is InChI=1S/C16H20O/c17-16(13-15-9-5-2-6-10-15)12-11-14-7-3-1-4-8-14/h1,3-4,7-8,13H,2,5-6,9-12H2. The molecule has 1 nitrogen and oxygen atoms in total. The minimum Gasteiger partial charge on any atom is -0.295 e. The molecule has 1 aromatic rings. The Labute approximate surface area is 104 Å². The van der Waals surface area contributed by atoms with Gasteiger partial charge in [0.2, 0.25) is 0 Å². The van der Waals surface area contributed by atoms with Crippen molar-refractivity contribution in [1.82, 2.24) is 0 Å². The van der Waals surface area contributed by atoms with Gasteiger partial charge in [0.05, 0.1) is 0 Å². The smallest absolute Gasteiger partial charge is 0.155 e. The first-order valence-corrected chi connectivity index (χ1v) is 6.61. The van der Waals surface area contributed by atoms with Gasteiger partial charge in [-0.25, -0.2) is 0 Å². The molecule has 2 rings (SSSR count). The van der Waals surface area contributed by atoms with E-state index in [0.717, 1.165) is 19.3 Å². The highest BCUT2D eigenvalue weighted by molar-refractivity contribution is 5.90. The van der Waals surface area contributed by atoms with Gasteiger partial charge in [0, 0.05) is 6.42 Å². The first-order chi connectivity index (χ1) is 8.34. The summed E-state index contributed by atoms with van der Waals surface area (Å²) in [6.07, 6.45) is 9.54. The molecule has 1 aliphatic rings. The van der Waals surface area contributed by atoms with Gasteiger partial charge >= 0.3 is 0 Å². The first kappa shape index (κ1) is 12.1. The molecule has 1 aromatic carbocycles. The van der Waals surface area contributed by atoms with Crippen molar-refractivity contribution in [3.63, 3.8) is 0 Å². The van der Waals surface area contributed by atoms with E-state index in [1.807, 2.05) is 24.3 Å². The second kappa shape index (κ2) is 6.39. The lowest BCUT2D eigenvalue weighted by Crippen LogP contribution is -2.01. The van der Waals surface area contributed by atoms with Gasteiger partial charge in [-0.3, -0.25) is 4.79 Å². The number of aryl methyl sites for hydroxylation is 1. The van der Waals surface area contributed by atoms with Crippen molar-refractivity contribution >= 4 is 5.78 Å². The summed E-state index contributed by atoms with van der Waals surface area (Å²) in [4.78, 5) is 11.8. The van der Waals surface area contributed by atoms with E-state index in [1.165, 1.54) is 30.4 Å². The molecule has 0 bridgehead atoms. The molecule has 90 valence electrons. The van der Waals surface area contributed by atoms with Crippen molar-refractivity contribution in [2.75, 3.05) is 0 Å². The van der Waals surface area contributed by atoms with Crippen molar-refractivity contribution in [2.24, 2.45) is 0 Å². The van der Waals surface area contributed by atoms with E-state index in [1.54, 1.807) is 0 Å². The van der Waals surface area contributed by atoms with E-state index in [4.69, 9.17) is 0 Å². The number of benzene rings is 1. The molecule has 0 atom stereocenters. The highest BCUT2D eigenvalue weighted by atomic mass is 16.1. The Morgan fingerprint density at radius 2 is 1.76 bits per heavy atom.